The predicted octanol–water partition coefficient (Wildman–Crippen LogP) is 3.75. The Morgan fingerprint density at radius 1 is 1.38 bits per heavy atom. The molecular weight excluding hydrogens is 266 g/mol. The number of nitrogens with one attached hydrogen (secondary N) is 1. The van der Waals surface area contributed by atoms with Crippen LogP contribution in [0, 0.1) is 0 Å². The molecular formula is C13H18BrNO. The van der Waals surface area contributed by atoms with Crippen molar-refractivity contribution < 1.29 is 5.11 Å². The first kappa shape index (κ1) is 11.9. The quantitative estimate of drug-likeness (QED) is 0.886. The first-order valence-corrected chi connectivity index (χ1v) is 6.70. The Hall–Kier alpha value is -0.540. The molecule has 2 rings (SSSR count). The normalized spacial score (nSPS) is 18.9. The maximum absolute atomic E-state index is 9.82. The molecule has 0 saturated heterocycles. The van der Waals surface area contributed by atoms with Crippen molar-refractivity contribution in [1.29, 1.82) is 0 Å². The second kappa shape index (κ2) is 5.19. The average molecular weight is 284 g/mol. The van der Waals surface area contributed by atoms with E-state index in [1.807, 2.05) is 12.1 Å². The second-order valence-electron chi connectivity index (χ2n) is 4.57. The van der Waals surface area contributed by atoms with Crippen molar-refractivity contribution in [3.05, 3.63) is 28.2 Å². The van der Waals surface area contributed by atoms with Gasteiger partial charge in [-0.05, 0) is 38.0 Å². The minimum absolute atomic E-state index is 0.209. The highest BCUT2D eigenvalue weighted by atomic mass is 79.9. The predicted molar refractivity (Wildman–Crippen MR) is 69.6 cm³/mol. The molecule has 0 amide bonds. The molecule has 1 atom stereocenters. The second-order valence-corrected chi connectivity index (χ2v) is 5.49. The Morgan fingerprint density at radius 3 is 2.75 bits per heavy atom. The van der Waals surface area contributed by atoms with Gasteiger partial charge in [0, 0.05) is 22.1 Å². The van der Waals surface area contributed by atoms with E-state index in [4.69, 9.17) is 0 Å². The minimum atomic E-state index is 0.209. The van der Waals surface area contributed by atoms with Gasteiger partial charge >= 0.3 is 0 Å². The van der Waals surface area contributed by atoms with Crippen LogP contribution in [0.5, 0.6) is 5.75 Å². The number of phenols is 1. The van der Waals surface area contributed by atoms with Crippen molar-refractivity contribution in [1.82, 2.24) is 5.32 Å². The largest absolute Gasteiger partial charge is 0.508 e. The van der Waals surface area contributed by atoms with Gasteiger partial charge in [-0.2, -0.15) is 0 Å². The van der Waals surface area contributed by atoms with Gasteiger partial charge in [-0.15, -0.1) is 0 Å². The monoisotopic (exact) mass is 283 g/mol. The van der Waals surface area contributed by atoms with Crippen molar-refractivity contribution in [2.75, 3.05) is 0 Å². The standard InChI is InChI=1S/C13H18BrNO/c1-9(15-11-4-2-3-5-11)12-8-10(14)6-7-13(12)16/h6-9,11,15-16H,2-5H2,1H3. The lowest BCUT2D eigenvalue weighted by Gasteiger charge is -2.20. The number of hydrogen-bond acceptors (Lipinski definition) is 2. The maximum atomic E-state index is 9.82. The van der Waals surface area contributed by atoms with Crippen LogP contribution >= 0.6 is 15.9 Å². The van der Waals surface area contributed by atoms with E-state index < -0.39 is 0 Å². The molecule has 1 aromatic rings. The Kier molecular flexibility index (Phi) is 3.87. The molecule has 0 heterocycles. The van der Waals surface area contributed by atoms with Gasteiger partial charge in [-0.1, -0.05) is 28.8 Å². The lowest BCUT2D eigenvalue weighted by Crippen LogP contribution is -2.28. The number of benzene rings is 1. The van der Waals surface area contributed by atoms with E-state index in [9.17, 15) is 5.11 Å². The molecule has 1 aliphatic carbocycles. The van der Waals surface area contributed by atoms with Gasteiger partial charge in [0.15, 0.2) is 0 Å². The summed E-state index contributed by atoms with van der Waals surface area (Å²) in [6.45, 7) is 2.11. The number of hydrogen-bond donors (Lipinski definition) is 2. The van der Waals surface area contributed by atoms with Crippen LogP contribution in [0.4, 0.5) is 0 Å². The van der Waals surface area contributed by atoms with E-state index in [1.165, 1.54) is 25.7 Å². The van der Waals surface area contributed by atoms with Crippen LogP contribution in [0.25, 0.3) is 0 Å². The van der Waals surface area contributed by atoms with E-state index in [1.54, 1.807) is 6.07 Å². The van der Waals surface area contributed by atoms with Crippen molar-refractivity contribution in [3.8, 4) is 5.75 Å². The lowest BCUT2D eigenvalue weighted by atomic mass is 10.1. The molecule has 0 aromatic heterocycles. The highest BCUT2D eigenvalue weighted by Crippen LogP contribution is 2.29. The average Bonchev–Trinajstić information content (AvgIpc) is 2.74. The molecule has 1 saturated carbocycles. The molecule has 16 heavy (non-hydrogen) atoms. The Balaban J connectivity index is 2.07. The zero-order valence-electron chi connectivity index (χ0n) is 9.54. The van der Waals surface area contributed by atoms with E-state index >= 15 is 0 Å². The SMILES string of the molecule is CC(NC1CCCC1)c1cc(Br)ccc1O. The van der Waals surface area contributed by atoms with Crippen molar-refractivity contribution in [3.63, 3.8) is 0 Å². The summed E-state index contributed by atoms with van der Waals surface area (Å²) < 4.78 is 1.01. The summed E-state index contributed by atoms with van der Waals surface area (Å²) in [5.74, 6) is 0.376. The third-order valence-electron chi connectivity index (χ3n) is 3.30. The highest BCUT2D eigenvalue weighted by molar-refractivity contribution is 9.10. The Morgan fingerprint density at radius 2 is 2.06 bits per heavy atom. The van der Waals surface area contributed by atoms with Crippen LogP contribution in [-0.4, -0.2) is 11.1 Å². The van der Waals surface area contributed by atoms with Gasteiger partial charge in [-0.25, -0.2) is 0 Å². The molecule has 0 radical (unpaired) electrons. The molecule has 3 heteroatoms. The third kappa shape index (κ3) is 2.77. The zero-order valence-corrected chi connectivity index (χ0v) is 11.1. The summed E-state index contributed by atoms with van der Waals surface area (Å²) in [5.41, 5.74) is 0.973. The van der Waals surface area contributed by atoms with E-state index in [0.29, 0.717) is 11.8 Å². The van der Waals surface area contributed by atoms with Crippen LogP contribution in [0.2, 0.25) is 0 Å². The summed E-state index contributed by atoms with van der Waals surface area (Å²) in [6, 6.07) is 6.42. The molecule has 0 aliphatic heterocycles. The molecule has 1 unspecified atom stereocenters. The summed E-state index contributed by atoms with van der Waals surface area (Å²) in [7, 11) is 0. The summed E-state index contributed by atoms with van der Waals surface area (Å²) in [4.78, 5) is 0. The number of aromatic hydroxyl groups is 1. The Labute approximate surface area is 105 Å². The van der Waals surface area contributed by atoms with Crippen molar-refractivity contribution >= 4 is 15.9 Å². The molecule has 1 fully saturated rings. The maximum Gasteiger partial charge on any atom is 0.120 e. The van der Waals surface area contributed by atoms with Crippen LogP contribution in [-0.2, 0) is 0 Å². The fraction of sp³-hybridized carbons (Fsp3) is 0.538. The Bertz CT molecular complexity index is 361. The van der Waals surface area contributed by atoms with Crippen LogP contribution in [0.15, 0.2) is 22.7 Å². The molecule has 88 valence electrons. The number of halogens is 1. The van der Waals surface area contributed by atoms with Gasteiger partial charge in [0.05, 0.1) is 0 Å². The molecule has 0 bridgehead atoms. The molecule has 2 nitrogen and oxygen atoms in total. The van der Waals surface area contributed by atoms with E-state index in [0.717, 1.165) is 10.0 Å². The number of rotatable bonds is 3. The van der Waals surface area contributed by atoms with Crippen molar-refractivity contribution in [2.24, 2.45) is 0 Å². The van der Waals surface area contributed by atoms with Gasteiger partial charge in [0.25, 0.3) is 0 Å². The smallest absolute Gasteiger partial charge is 0.120 e. The zero-order chi connectivity index (χ0) is 11.5. The van der Waals surface area contributed by atoms with Gasteiger partial charge < -0.3 is 10.4 Å². The molecule has 0 spiro atoms. The highest BCUT2D eigenvalue weighted by Gasteiger charge is 2.19. The van der Waals surface area contributed by atoms with Gasteiger partial charge in [-0.3, -0.25) is 0 Å². The summed E-state index contributed by atoms with van der Waals surface area (Å²) in [5, 5.41) is 13.4. The van der Waals surface area contributed by atoms with Crippen LogP contribution in [0.3, 0.4) is 0 Å². The fourth-order valence-electron chi connectivity index (χ4n) is 2.41. The van der Waals surface area contributed by atoms with Crippen LogP contribution in [0.1, 0.15) is 44.2 Å². The van der Waals surface area contributed by atoms with E-state index in [2.05, 4.69) is 28.2 Å². The fourth-order valence-corrected chi connectivity index (χ4v) is 2.79. The first-order chi connectivity index (χ1) is 7.66. The number of phenolic OH excluding ortho intramolecular Hbond substituents is 1. The topological polar surface area (TPSA) is 32.3 Å². The molecule has 2 N–H and O–H groups in total. The summed E-state index contributed by atoms with van der Waals surface area (Å²) in [6.07, 6.45) is 5.18. The van der Waals surface area contributed by atoms with Gasteiger partial charge in [0.2, 0.25) is 0 Å². The minimum Gasteiger partial charge on any atom is -0.508 e. The summed E-state index contributed by atoms with van der Waals surface area (Å²) >= 11 is 3.44. The molecule has 1 aliphatic rings. The van der Waals surface area contributed by atoms with E-state index in [-0.39, 0.29) is 6.04 Å². The van der Waals surface area contributed by atoms with Gasteiger partial charge in [0.1, 0.15) is 5.75 Å². The third-order valence-corrected chi connectivity index (χ3v) is 3.79. The first-order valence-electron chi connectivity index (χ1n) is 5.91. The van der Waals surface area contributed by atoms with Crippen LogP contribution < -0.4 is 5.32 Å². The van der Waals surface area contributed by atoms with Crippen molar-refractivity contribution in [2.45, 2.75) is 44.7 Å². The molecule has 1 aromatic carbocycles. The lowest BCUT2D eigenvalue weighted by molar-refractivity contribution is 0.426.